The van der Waals surface area contributed by atoms with E-state index in [1.807, 2.05) is 0 Å². The maximum absolute atomic E-state index is 12.0. The first-order valence-corrected chi connectivity index (χ1v) is 3.44. The lowest BCUT2D eigenvalue weighted by atomic mass is 10.1. The first-order chi connectivity index (χ1) is 5.61. The van der Waals surface area contributed by atoms with E-state index in [9.17, 15) is 8.78 Å². The molecule has 0 unspecified atom stereocenters. The normalized spacial score (nSPS) is 13.3. The highest BCUT2D eigenvalue weighted by Crippen LogP contribution is 2.20. The van der Waals surface area contributed by atoms with Crippen molar-refractivity contribution < 1.29 is 13.9 Å². The highest BCUT2D eigenvalue weighted by atomic mass is 19.3. The predicted molar refractivity (Wildman–Crippen MR) is 41.0 cm³/mol. The summed E-state index contributed by atoms with van der Waals surface area (Å²) in [5.41, 5.74) is 5.39. The van der Waals surface area contributed by atoms with Crippen LogP contribution in [0.25, 0.3) is 0 Å². The second-order valence-electron chi connectivity index (χ2n) is 2.46. The SMILES string of the molecule is N[C@@H](c1cccc(O)c1)C(F)F. The first kappa shape index (κ1) is 8.93. The van der Waals surface area contributed by atoms with Gasteiger partial charge in [-0.15, -0.1) is 0 Å². The van der Waals surface area contributed by atoms with Crippen LogP contribution in [0.3, 0.4) is 0 Å². The third kappa shape index (κ3) is 1.92. The van der Waals surface area contributed by atoms with E-state index in [2.05, 4.69) is 0 Å². The van der Waals surface area contributed by atoms with E-state index in [0.29, 0.717) is 0 Å². The number of phenolic OH excluding ortho intramolecular Hbond substituents is 1. The third-order valence-electron chi connectivity index (χ3n) is 1.53. The monoisotopic (exact) mass is 173 g/mol. The maximum atomic E-state index is 12.0. The van der Waals surface area contributed by atoms with Crippen LogP contribution in [0.4, 0.5) is 8.78 Å². The second kappa shape index (κ2) is 3.49. The van der Waals surface area contributed by atoms with E-state index < -0.39 is 12.5 Å². The van der Waals surface area contributed by atoms with Crippen molar-refractivity contribution in [3.05, 3.63) is 29.8 Å². The Labute approximate surface area is 68.6 Å². The largest absolute Gasteiger partial charge is 0.508 e. The summed E-state index contributed by atoms with van der Waals surface area (Å²) in [6.45, 7) is 0. The van der Waals surface area contributed by atoms with Crippen molar-refractivity contribution in [2.24, 2.45) is 5.73 Å². The number of phenols is 1. The number of hydrogen-bond acceptors (Lipinski definition) is 2. The Morgan fingerprint density at radius 3 is 2.50 bits per heavy atom. The Hall–Kier alpha value is -1.16. The van der Waals surface area contributed by atoms with Crippen LogP contribution in [0.5, 0.6) is 5.75 Å². The number of benzene rings is 1. The van der Waals surface area contributed by atoms with Crippen LogP contribution in [0.15, 0.2) is 24.3 Å². The van der Waals surface area contributed by atoms with Gasteiger partial charge in [-0.05, 0) is 17.7 Å². The average molecular weight is 173 g/mol. The number of nitrogens with two attached hydrogens (primary N) is 1. The lowest BCUT2D eigenvalue weighted by Crippen LogP contribution is -2.18. The molecule has 0 spiro atoms. The van der Waals surface area contributed by atoms with E-state index in [0.717, 1.165) is 0 Å². The van der Waals surface area contributed by atoms with E-state index in [4.69, 9.17) is 10.8 Å². The summed E-state index contributed by atoms with van der Waals surface area (Å²) in [5.74, 6) is -0.0522. The van der Waals surface area contributed by atoms with E-state index >= 15 is 0 Å². The predicted octanol–water partition coefficient (Wildman–Crippen LogP) is 1.66. The standard InChI is InChI=1S/C8H9F2NO/c9-8(10)7(11)5-2-1-3-6(12)4-5/h1-4,7-8,12H,11H2/t7-/m0/s1. The van der Waals surface area contributed by atoms with Gasteiger partial charge >= 0.3 is 0 Å². The first-order valence-electron chi connectivity index (χ1n) is 3.44. The maximum Gasteiger partial charge on any atom is 0.257 e. The van der Waals surface area contributed by atoms with Crippen molar-refractivity contribution in [2.45, 2.75) is 12.5 Å². The fourth-order valence-electron chi connectivity index (χ4n) is 0.878. The summed E-state index contributed by atoms with van der Waals surface area (Å²) < 4.78 is 24.1. The molecule has 0 bridgehead atoms. The van der Waals surface area contributed by atoms with Crippen molar-refractivity contribution in [1.29, 1.82) is 0 Å². The van der Waals surface area contributed by atoms with Crippen molar-refractivity contribution in [3.8, 4) is 5.75 Å². The molecule has 0 heterocycles. The summed E-state index contributed by atoms with van der Waals surface area (Å²) in [4.78, 5) is 0. The molecular weight excluding hydrogens is 164 g/mol. The molecule has 0 aliphatic heterocycles. The van der Waals surface area contributed by atoms with Crippen LogP contribution in [0.1, 0.15) is 11.6 Å². The molecule has 0 radical (unpaired) electrons. The molecule has 0 aromatic heterocycles. The summed E-state index contributed by atoms with van der Waals surface area (Å²) in [6, 6.07) is 4.25. The molecule has 1 atom stereocenters. The summed E-state index contributed by atoms with van der Waals surface area (Å²) >= 11 is 0. The van der Waals surface area contributed by atoms with Gasteiger partial charge in [0.25, 0.3) is 6.43 Å². The number of alkyl halides is 2. The van der Waals surface area contributed by atoms with Gasteiger partial charge in [-0.25, -0.2) is 8.78 Å². The summed E-state index contributed by atoms with van der Waals surface area (Å²) in [5, 5.41) is 8.94. The molecule has 0 aliphatic carbocycles. The number of aromatic hydroxyl groups is 1. The molecule has 3 N–H and O–H groups in total. The Balaban J connectivity index is 2.88. The highest BCUT2D eigenvalue weighted by Gasteiger charge is 2.17. The molecule has 0 fully saturated rings. The average Bonchev–Trinajstić information content (AvgIpc) is 2.03. The Morgan fingerprint density at radius 2 is 2.00 bits per heavy atom. The smallest absolute Gasteiger partial charge is 0.257 e. The van der Waals surface area contributed by atoms with Crippen LogP contribution < -0.4 is 5.73 Å². The number of hydrogen-bond donors (Lipinski definition) is 2. The van der Waals surface area contributed by atoms with Crippen LogP contribution in [0.2, 0.25) is 0 Å². The van der Waals surface area contributed by atoms with E-state index in [1.54, 1.807) is 0 Å². The van der Waals surface area contributed by atoms with Gasteiger partial charge in [0.2, 0.25) is 0 Å². The molecule has 1 aromatic carbocycles. The minimum Gasteiger partial charge on any atom is -0.508 e. The van der Waals surface area contributed by atoms with Crippen molar-refractivity contribution in [1.82, 2.24) is 0 Å². The Bertz CT molecular complexity index is 265. The summed E-state index contributed by atoms with van der Waals surface area (Å²) in [6.07, 6.45) is -2.60. The quantitative estimate of drug-likeness (QED) is 0.714. The lowest BCUT2D eigenvalue weighted by molar-refractivity contribution is 0.116. The molecule has 1 rings (SSSR count). The molecule has 1 aromatic rings. The van der Waals surface area contributed by atoms with Crippen molar-refractivity contribution in [3.63, 3.8) is 0 Å². The number of halogens is 2. The molecule has 0 aliphatic rings. The van der Waals surface area contributed by atoms with Crippen molar-refractivity contribution >= 4 is 0 Å². The topological polar surface area (TPSA) is 46.2 Å². The molecule has 0 saturated carbocycles. The molecule has 4 heteroatoms. The van der Waals surface area contributed by atoms with Gasteiger partial charge < -0.3 is 10.8 Å². The van der Waals surface area contributed by atoms with Crippen LogP contribution in [0, 0.1) is 0 Å². The van der Waals surface area contributed by atoms with Gasteiger partial charge in [0.1, 0.15) is 5.75 Å². The zero-order valence-electron chi connectivity index (χ0n) is 6.24. The zero-order chi connectivity index (χ0) is 9.14. The molecule has 0 amide bonds. The molecule has 12 heavy (non-hydrogen) atoms. The van der Waals surface area contributed by atoms with Crippen molar-refractivity contribution in [2.75, 3.05) is 0 Å². The van der Waals surface area contributed by atoms with Crippen LogP contribution in [-0.4, -0.2) is 11.5 Å². The Morgan fingerprint density at radius 1 is 1.33 bits per heavy atom. The van der Waals surface area contributed by atoms with Gasteiger partial charge in [-0.2, -0.15) is 0 Å². The van der Waals surface area contributed by atoms with Crippen LogP contribution >= 0.6 is 0 Å². The van der Waals surface area contributed by atoms with Gasteiger partial charge in [-0.1, -0.05) is 12.1 Å². The lowest BCUT2D eigenvalue weighted by Gasteiger charge is -2.10. The molecule has 2 nitrogen and oxygen atoms in total. The molecule has 66 valence electrons. The Kier molecular flexibility index (Phi) is 2.60. The minimum absolute atomic E-state index is 0.0522. The molecule has 0 saturated heterocycles. The second-order valence-corrected chi connectivity index (χ2v) is 2.46. The zero-order valence-corrected chi connectivity index (χ0v) is 6.24. The number of rotatable bonds is 2. The molecular formula is C8H9F2NO. The van der Waals surface area contributed by atoms with E-state index in [1.165, 1.54) is 24.3 Å². The third-order valence-corrected chi connectivity index (χ3v) is 1.53. The van der Waals surface area contributed by atoms with Crippen LogP contribution in [-0.2, 0) is 0 Å². The van der Waals surface area contributed by atoms with Gasteiger partial charge in [0.05, 0.1) is 6.04 Å². The minimum atomic E-state index is -2.60. The van der Waals surface area contributed by atoms with Gasteiger partial charge in [0, 0.05) is 0 Å². The fraction of sp³-hybridized carbons (Fsp3) is 0.250. The summed E-state index contributed by atoms with van der Waals surface area (Å²) in [7, 11) is 0. The van der Waals surface area contributed by atoms with Gasteiger partial charge in [0.15, 0.2) is 0 Å². The highest BCUT2D eigenvalue weighted by molar-refractivity contribution is 5.29. The fourth-order valence-corrected chi connectivity index (χ4v) is 0.878. The van der Waals surface area contributed by atoms with E-state index in [-0.39, 0.29) is 11.3 Å². The van der Waals surface area contributed by atoms with Gasteiger partial charge in [-0.3, -0.25) is 0 Å².